The number of aryl methyl sites for hydroxylation is 1. The van der Waals surface area contributed by atoms with E-state index in [0.29, 0.717) is 5.56 Å². The molecule has 1 amide bonds. The second-order valence-corrected chi connectivity index (χ2v) is 5.56. The SMILES string of the molecule is C[C@H](CCc1ccccc1)NC(=O)CO/N=C\c1cccc(F)c1. The van der Waals surface area contributed by atoms with Gasteiger partial charge >= 0.3 is 0 Å². The van der Waals surface area contributed by atoms with Crippen molar-refractivity contribution in [2.45, 2.75) is 25.8 Å². The first kappa shape index (κ1) is 17.7. The van der Waals surface area contributed by atoms with E-state index in [1.807, 2.05) is 25.1 Å². The van der Waals surface area contributed by atoms with Gasteiger partial charge in [0.2, 0.25) is 0 Å². The average Bonchev–Trinajstić information content (AvgIpc) is 2.58. The maximum Gasteiger partial charge on any atom is 0.260 e. The molecule has 0 saturated heterocycles. The molecule has 0 saturated carbocycles. The third kappa shape index (κ3) is 6.60. The molecule has 0 radical (unpaired) electrons. The molecule has 0 aliphatic carbocycles. The molecule has 2 rings (SSSR count). The van der Waals surface area contributed by atoms with Crippen LogP contribution in [0.1, 0.15) is 24.5 Å². The molecular formula is C19H21FN2O2. The number of rotatable bonds is 8. The lowest BCUT2D eigenvalue weighted by Crippen LogP contribution is -2.35. The van der Waals surface area contributed by atoms with Crippen LogP contribution in [0.2, 0.25) is 0 Å². The van der Waals surface area contributed by atoms with Gasteiger partial charge in [-0.1, -0.05) is 47.6 Å². The molecular weight excluding hydrogens is 307 g/mol. The van der Waals surface area contributed by atoms with Crippen molar-refractivity contribution in [1.82, 2.24) is 5.32 Å². The summed E-state index contributed by atoms with van der Waals surface area (Å²) < 4.78 is 13.0. The highest BCUT2D eigenvalue weighted by Gasteiger charge is 2.07. The second kappa shape index (κ2) is 9.45. The highest BCUT2D eigenvalue weighted by Crippen LogP contribution is 2.04. The predicted octanol–water partition coefficient (Wildman–Crippen LogP) is 3.31. The van der Waals surface area contributed by atoms with Gasteiger partial charge in [-0.25, -0.2) is 4.39 Å². The zero-order chi connectivity index (χ0) is 17.2. The monoisotopic (exact) mass is 328 g/mol. The summed E-state index contributed by atoms with van der Waals surface area (Å²) in [7, 11) is 0. The van der Waals surface area contributed by atoms with Gasteiger partial charge in [-0.3, -0.25) is 4.79 Å². The van der Waals surface area contributed by atoms with E-state index in [1.54, 1.807) is 12.1 Å². The number of nitrogens with one attached hydrogen (secondary N) is 1. The molecule has 0 heterocycles. The molecule has 0 aliphatic rings. The van der Waals surface area contributed by atoms with E-state index in [-0.39, 0.29) is 24.4 Å². The summed E-state index contributed by atoms with van der Waals surface area (Å²) in [5.74, 6) is -0.573. The Morgan fingerprint density at radius 2 is 2.04 bits per heavy atom. The van der Waals surface area contributed by atoms with Gasteiger partial charge in [-0.15, -0.1) is 0 Å². The van der Waals surface area contributed by atoms with E-state index in [9.17, 15) is 9.18 Å². The van der Waals surface area contributed by atoms with E-state index in [1.165, 1.54) is 23.9 Å². The maximum absolute atomic E-state index is 13.0. The molecule has 0 aromatic heterocycles. The van der Waals surface area contributed by atoms with Crippen LogP contribution in [0.4, 0.5) is 4.39 Å². The Morgan fingerprint density at radius 3 is 2.79 bits per heavy atom. The van der Waals surface area contributed by atoms with Gasteiger partial charge in [0.1, 0.15) is 5.82 Å². The minimum absolute atomic E-state index is 0.0495. The van der Waals surface area contributed by atoms with E-state index >= 15 is 0 Å². The molecule has 0 bridgehead atoms. The Balaban J connectivity index is 1.65. The predicted molar refractivity (Wildman–Crippen MR) is 92.3 cm³/mol. The van der Waals surface area contributed by atoms with Crippen LogP contribution in [0, 0.1) is 5.82 Å². The lowest BCUT2D eigenvalue weighted by molar-refractivity contribution is -0.126. The molecule has 24 heavy (non-hydrogen) atoms. The minimum Gasteiger partial charge on any atom is -0.386 e. The Labute approximate surface area is 141 Å². The van der Waals surface area contributed by atoms with Crippen LogP contribution in [-0.2, 0) is 16.1 Å². The van der Waals surface area contributed by atoms with Crippen LogP contribution in [0.15, 0.2) is 59.8 Å². The summed E-state index contributed by atoms with van der Waals surface area (Å²) in [6, 6.07) is 16.1. The number of hydrogen-bond donors (Lipinski definition) is 1. The largest absolute Gasteiger partial charge is 0.386 e. The van der Waals surface area contributed by atoms with Crippen LogP contribution in [-0.4, -0.2) is 24.8 Å². The topological polar surface area (TPSA) is 50.7 Å². The summed E-state index contributed by atoms with van der Waals surface area (Å²) in [6.45, 7) is 1.79. The fourth-order valence-corrected chi connectivity index (χ4v) is 2.20. The molecule has 0 fully saturated rings. The van der Waals surface area contributed by atoms with Crippen molar-refractivity contribution in [3.8, 4) is 0 Å². The molecule has 2 aromatic carbocycles. The van der Waals surface area contributed by atoms with Crippen molar-refractivity contribution in [2.24, 2.45) is 5.16 Å². The lowest BCUT2D eigenvalue weighted by Gasteiger charge is -2.13. The number of halogens is 1. The molecule has 2 aromatic rings. The average molecular weight is 328 g/mol. The summed E-state index contributed by atoms with van der Waals surface area (Å²) in [5.41, 5.74) is 1.82. The van der Waals surface area contributed by atoms with Gasteiger partial charge in [0.15, 0.2) is 6.61 Å². The second-order valence-electron chi connectivity index (χ2n) is 5.56. The van der Waals surface area contributed by atoms with E-state index < -0.39 is 0 Å². The van der Waals surface area contributed by atoms with E-state index in [4.69, 9.17) is 4.84 Å². The molecule has 4 nitrogen and oxygen atoms in total. The molecule has 5 heteroatoms. The van der Waals surface area contributed by atoms with Gasteiger partial charge in [0.25, 0.3) is 5.91 Å². The molecule has 1 atom stereocenters. The van der Waals surface area contributed by atoms with Crippen LogP contribution < -0.4 is 5.32 Å². The smallest absolute Gasteiger partial charge is 0.260 e. The Morgan fingerprint density at radius 1 is 1.25 bits per heavy atom. The highest BCUT2D eigenvalue weighted by molar-refractivity contribution is 5.79. The van der Waals surface area contributed by atoms with Crippen molar-refractivity contribution in [2.75, 3.05) is 6.61 Å². The van der Waals surface area contributed by atoms with Gasteiger partial charge in [-0.05, 0) is 43.0 Å². The summed E-state index contributed by atoms with van der Waals surface area (Å²) in [5, 5.41) is 6.53. The third-order valence-corrected chi connectivity index (χ3v) is 3.44. The molecule has 0 spiro atoms. The quantitative estimate of drug-likeness (QED) is 0.597. The molecule has 0 aliphatic heterocycles. The standard InChI is InChI=1S/C19H21FN2O2/c1-15(10-11-16-6-3-2-4-7-16)22-19(23)14-24-21-13-17-8-5-9-18(20)12-17/h2-9,12-13,15H,10-11,14H2,1H3,(H,22,23)/b21-13-/t15-/m1/s1. The minimum atomic E-state index is -0.344. The molecule has 126 valence electrons. The fourth-order valence-electron chi connectivity index (χ4n) is 2.20. The first-order valence-corrected chi connectivity index (χ1v) is 7.87. The van der Waals surface area contributed by atoms with E-state index in [2.05, 4.69) is 22.6 Å². The summed E-state index contributed by atoms with van der Waals surface area (Å²) in [6.07, 6.45) is 3.12. The van der Waals surface area contributed by atoms with Crippen LogP contribution in [0.25, 0.3) is 0 Å². The number of benzene rings is 2. The first-order valence-electron chi connectivity index (χ1n) is 7.87. The number of nitrogens with zero attached hydrogens (tertiary/aromatic N) is 1. The summed E-state index contributed by atoms with van der Waals surface area (Å²) in [4.78, 5) is 16.7. The van der Waals surface area contributed by atoms with Crippen molar-refractivity contribution in [3.05, 3.63) is 71.5 Å². The third-order valence-electron chi connectivity index (χ3n) is 3.44. The number of amides is 1. The van der Waals surface area contributed by atoms with Gasteiger partial charge < -0.3 is 10.2 Å². The van der Waals surface area contributed by atoms with Crippen molar-refractivity contribution in [3.63, 3.8) is 0 Å². The molecule has 0 unspecified atom stereocenters. The number of carbonyl (C=O) groups is 1. The zero-order valence-corrected chi connectivity index (χ0v) is 13.6. The normalized spacial score (nSPS) is 12.1. The van der Waals surface area contributed by atoms with Gasteiger partial charge in [0, 0.05) is 6.04 Å². The maximum atomic E-state index is 13.0. The molecule has 1 N–H and O–H groups in total. The summed E-state index contributed by atoms with van der Waals surface area (Å²) >= 11 is 0. The van der Waals surface area contributed by atoms with Crippen LogP contribution in [0.3, 0.4) is 0 Å². The van der Waals surface area contributed by atoms with Crippen molar-refractivity contribution in [1.29, 1.82) is 0 Å². The Kier molecular flexibility index (Phi) is 6.95. The zero-order valence-electron chi connectivity index (χ0n) is 13.6. The van der Waals surface area contributed by atoms with Gasteiger partial charge in [-0.2, -0.15) is 0 Å². The van der Waals surface area contributed by atoms with Gasteiger partial charge in [0.05, 0.1) is 6.21 Å². The van der Waals surface area contributed by atoms with Crippen molar-refractivity contribution >= 4 is 12.1 Å². The fraction of sp³-hybridized carbons (Fsp3) is 0.263. The highest BCUT2D eigenvalue weighted by atomic mass is 19.1. The number of oxime groups is 1. The number of hydrogen-bond acceptors (Lipinski definition) is 3. The number of carbonyl (C=O) groups excluding carboxylic acids is 1. The Hall–Kier alpha value is -2.69. The Bertz CT molecular complexity index is 674. The van der Waals surface area contributed by atoms with E-state index in [0.717, 1.165) is 12.8 Å². The van der Waals surface area contributed by atoms with Crippen LogP contribution >= 0.6 is 0 Å². The van der Waals surface area contributed by atoms with Crippen LogP contribution in [0.5, 0.6) is 0 Å². The van der Waals surface area contributed by atoms with Crippen molar-refractivity contribution < 1.29 is 14.0 Å². The first-order chi connectivity index (χ1) is 11.6. The lowest BCUT2D eigenvalue weighted by atomic mass is 10.1.